The molecule has 1 aliphatic rings. The first kappa shape index (κ1) is 17.0. The second-order valence-corrected chi connectivity index (χ2v) is 5.93. The predicted molar refractivity (Wildman–Crippen MR) is 93.2 cm³/mol. The lowest BCUT2D eigenvalue weighted by atomic mass is 10.1. The van der Waals surface area contributed by atoms with Crippen molar-refractivity contribution in [2.75, 3.05) is 25.0 Å². The molecule has 0 aliphatic carbocycles. The van der Waals surface area contributed by atoms with Crippen LogP contribution in [-0.2, 0) is 22.5 Å². The van der Waals surface area contributed by atoms with Gasteiger partial charge in [-0.15, -0.1) is 0 Å². The highest BCUT2D eigenvalue weighted by molar-refractivity contribution is 5.89. The van der Waals surface area contributed by atoms with E-state index in [4.69, 9.17) is 4.74 Å². The first-order valence-electron chi connectivity index (χ1n) is 8.49. The van der Waals surface area contributed by atoms with Gasteiger partial charge in [-0.25, -0.2) is 9.48 Å². The third kappa shape index (κ3) is 4.82. The average molecular weight is 342 g/mol. The molecule has 2 aromatic rings. The lowest BCUT2D eigenvalue weighted by Gasteiger charge is -2.12. The molecule has 1 aromatic heterocycles. The molecule has 25 heavy (non-hydrogen) atoms. The zero-order valence-corrected chi connectivity index (χ0v) is 14.1. The number of hydrogen-bond donors (Lipinski definition) is 1. The molecule has 132 valence electrons. The molecule has 0 atom stereocenters. The van der Waals surface area contributed by atoms with Crippen molar-refractivity contribution in [1.82, 2.24) is 14.7 Å². The number of rotatable bonds is 8. The molecule has 0 saturated carbocycles. The number of nitrogens with one attached hydrogen (secondary N) is 1. The molecule has 1 fully saturated rings. The monoisotopic (exact) mass is 342 g/mol. The Kier molecular flexibility index (Phi) is 5.66. The molecule has 0 unspecified atom stereocenters. The molecule has 0 bridgehead atoms. The maximum atomic E-state index is 12.1. The Bertz CT molecular complexity index is 714. The van der Waals surface area contributed by atoms with Crippen LogP contribution in [0, 0.1) is 0 Å². The maximum Gasteiger partial charge on any atom is 0.409 e. The lowest BCUT2D eigenvalue weighted by molar-refractivity contribution is -0.116. The van der Waals surface area contributed by atoms with E-state index in [9.17, 15) is 9.59 Å². The van der Waals surface area contributed by atoms with Gasteiger partial charge in [-0.3, -0.25) is 4.79 Å². The molecular formula is C18H22N4O3. The van der Waals surface area contributed by atoms with Crippen molar-refractivity contribution >= 4 is 17.8 Å². The summed E-state index contributed by atoms with van der Waals surface area (Å²) in [5, 5.41) is 7.16. The summed E-state index contributed by atoms with van der Waals surface area (Å²) in [6.07, 6.45) is 3.20. The Morgan fingerprint density at radius 2 is 2.04 bits per heavy atom. The highest BCUT2D eigenvalue weighted by Gasteiger charge is 2.21. The molecule has 1 N–H and O–H groups in total. The number of aryl methyl sites for hydroxylation is 2. The first-order chi connectivity index (χ1) is 12.2. The fourth-order valence-electron chi connectivity index (χ4n) is 2.76. The van der Waals surface area contributed by atoms with Crippen LogP contribution in [0.15, 0.2) is 42.6 Å². The Morgan fingerprint density at radius 3 is 2.80 bits per heavy atom. The first-order valence-corrected chi connectivity index (χ1v) is 8.49. The number of hydrogen-bond acceptors (Lipinski definition) is 4. The third-order valence-electron chi connectivity index (χ3n) is 4.12. The summed E-state index contributed by atoms with van der Waals surface area (Å²) >= 11 is 0. The molecule has 3 rings (SSSR count). The van der Waals surface area contributed by atoms with Gasteiger partial charge in [0.15, 0.2) is 0 Å². The van der Waals surface area contributed by atoms with Crippen molar-refractivity contribution in [3.05, 3.63) is 48.2 Å². The SMILES string of the molecule is O=C(CCCN1CCOC1=O)Nc1ccnn1CCc1ccccc1. The summed E-state index contributed by atoms with van der Waals surface area (Å²) in [5.74, 6) is 0.621. The molecular weight excluding hydrogens is 320 g/mol. The Labute approximate surface area is 146 Å². The highest BCUT2D eigenvalue weighted by atomic mass is 16.6. The summed E-state index contributed by atoms with van der Waals surface area (Å²) in [4.78, 5) is 25.1. The fourth-order valence-corrected chi connectivity index (χ4v) is 2.76. The second-order valence-electron chi connectivity index (χ2n) is 5.93. The van der Waals surface area contributed by atoms with Crippen molar-refractivity contribution < 1.29 is 14.3 Å². The number of nitrogens with zero attached hydrogens (tertiary/aromatic N) is 3. The lowest BCUT2D eigenvalue weighted by Crippen LogP contribution is -2.26. The highest BCUT2D eigenvalue weighted by Crippen LogP contribution is 2.10. The van der Waals surface area contributed by atoms with E-state index in [1.165, 1.54) is 5.56 Å². The van der Waals surface area contributed by atoms with Gasteiger partial charge >= 0.3 is 6.09 Å². The minimum Gasteiger partial charge on any atom is -0.448 e. The van der Waals surface area contributed by atoms with E-state index >= 15 is 0 Å². The number of anilines is 1. The van der Waals surface area contributed by atoms with Crippen molar-refractivity contribution in [2.24, 2.45) is 0 Å². The standard InChI is InChI=1S/C18H22N4O3/c23-17(7-4-11-21-13-14-25-18(21)24)20-16-8-10-19-22(16)12-9-15-5-2-1-3-6-15/h1-3,5-6,8,10H,4,7,9,11-14H2,(H,20,23). The van der Waals surface area contributed by atoms with Crippen LogP contribution >= 0.6 is 0 Å². The van der Waals surface area contributed by atoms with Crippen LogP contribution in [0.4, 0.5) is 10.6 Å². The summed E-state index contributed by atoms with van der Waals surface area (Å²) in [6, 6.07) is 12.0. The number of benzene rings is 1. The molecule has 0 spiro atoms. The molecule has 2 amide bonds. The zero-order valence-electron chi connectivity index (χ0n) is 14.1. The normalized spacial score (nSPS) is 13.8. The maximum absolute atomic E-state index is 12.1. The van der Waals surface area contributed by atoms with Crippen molar-refractivity contribution in [3.8, 4) is 0 Å². The van der Waals surface area contributed by atoms with Crippen molar-refractivity contribution in [1.29, 1.82) is 0 Å². The third-order valence-corrected chi connectivity index (χ3v) is 4.12. The quantitative estimate of drug-likeness (QED) is 0.798. The Balaban J connectivity index is 1.44. The summed E-state index contributed by atoms with van der Waals surface area (Å²) in [7, 11) is 0. The molecule has 1 aromatic carbocycles. The number of ether oxygens (including phenoxy) is 1. The number of carbonyl (C=O) groups is 2. The molecule has 0 radical (unpaired) electrons. The number of amides is 2. The van der Waals surface area contributed by atoms with Crippen molar-refractivity contribution in [3.63, 3.8) is 0 Å². The fraction of sp³-hybridized carbons (Fsp3) is 0.389. The summed E-state index contributed by atoms with van der Waals surface area (Å²) in [6.45, 7) is 2.28. The van der Waals surface area contributed by atoms with Crippen LogP contribution in [0.2, 0.25) is 0 Å². The summed E-state index contributed by atoms with van der Waals surface area (Å²) < 4.78 is 6.66. The van der Waals surface area contributed by atoms with E-state index in [1.807, 2.05) is 18.2 Å². The van der Waals surface area contributed by atoms with E-state index in [-0.39, 0.29) is 12.0 Å². The van der Waals surface area contributed by atoms with Gasteiger partial charge < -0.3 is 15.0 Å². The predicted octanol–water partition coefficient (Wildman–Crippen LogP) is 2.30. The molecule has 2 heterocycles. The smallest absolute Gasteiger partial charge is 0.409 e. The van der Waals surface area contributed by atoms with Crippen LogP contribution in [0.25, 0.3) is 0 Å². The molecule has 1 aliphatic heterocycles. The van der Waals surface area contributed by atoms with Gasteiger partial charge in [-0.2, -0.15) is 5.10 Å². The molecule has 1 saturated heterocycles. The summed E-state index contributed by atoms with van der Waals surface area (Å²) in [5.41, 5.74) is 1.23. The number of cyclic esters (lactones) is 1. The van der Waals surface area contributed by atoms with Crippen molar-refractivity contribution in [2.45, 2.75) is 25.8 Å². The Hall–Kier alpha value is -2.83. The molecule has 7 nitrogen and oxygen atoms in total. The largest absolute Gasteiger partial charge is 0.448 e. The van der Waals surface area contributed by atoms with Gasteiger partial charge in [0.2, 0.25) is 5.91 Å². The zero-order chi connectivity index (χ0) is 17.5. The van der Waals surface area contributed by atoms with Crippen LogP contribution in [0.3, 0.4) is 0 Å². The van der Waals surface area contributed by atoms with E-state index in [2.05, 4.69) is 22.5 Å². The van der Waals surface area contributed by atoms with Gasteiger partial charge in [0.05, 0.1) is 12.7 Å². The van der Waals surface area contributed by atoms with E-state index in [0.29, 0.717) is 44.9 Å². The topological polar surface area (TPSA) is 76.5 Å². The van der Waals surface area contributed by atoms with Crippen LogP contribution in [0.1, 0.15) is 18.4 Å². The number of carbonyl (C=O) groups excluding carboxylic acids is 2. The van der Waals surface area contributed by atoms with Gasteiger partial charge in [0, 0.05) is 25.6 Å². The van der Waals surface area contributed by atoms with E-state index in [1.54, 1.807) is 21.8 Å². The Morgan fingerprint density at radius 1 is 1.20 bits per heavy atom. The van der Waals surface area contributed by atoms with Gasteiger partial charge in [-0.05, 0) is 18.4 Å². The van der Waals surface area contributed by atoms with Crippen LogP contribution < -0.4 is 5.32 Å². The number of aromatic nitrogens is 2. The van der Waals surface area contributed by atoms with E-state index < -0.39 is 0 Å². The van der Waals surface area contributed by atoms with Gasteiger partial charge in [-0.1, -0.05) is 30.3 Å². The second kappa shape index (κ2) is 8.32. The molecule has 7 heteroatoms. The van der Waals surface area contributed by atoms with Crippen LogP contribution in [0.5, 0.6) is 0 Å². The van der Waals surface area contributed by atoms with Crippen LogP contribution in [-0.4, -0.2) is 46.4 Å². The minimum absolute atomic E-state index is 0.0750. The van der Waals surface area contributed by atoms with E-state index in [0.717, 1.165) is 6.42 Å². The van der Waals surface area contributed by atoms with Gasteiger partial charge in [0.25, 0.3) is 0 Å². The van der Waals surface area contributed by atoms with Gasteiger partial charge in [0.1, 0.15) is 12.4 Å². The average Bonchev–Trinajstić information content (AvgIpc) is 3.23. The minimum atomic E-state index is -0.292.